The summed E-state index contributed by atoms with van der Waals surface area (Å²) in [6.45, 7) is 6.91. The van der Waals surface area contributed by atoms with Crippen molar-refractivity contribution in [2.75, 3.05) is 21.3 Å². The van der Waals surface area contributed by atoms with E-state index in [0.717, 1.165) is 0 Å². The quantitative estimate of drug-likeness (QED) is 0.731. The minimum atomic E-state index is -3.80. The first-order valence-corrected chi connectivity index (χ1v) is 7.24. The minimum absolute atomic E-state index is 0.0647. The van der Waals surface area contributed by atoms with Gasteiger partial charge in [0.1, 0.15) is 0 Å². The molecule has 0 aromatic rings. The van der Waals surface area contributed by atoms with E-state index in [1.807, 2.05) is 13.8 Å². The first-order valence-electron chi connectivity index (χ1n) is 5.34. The monoisotopic (exact) mass is 264 g/mol. The Morgan fingerprint density at radius 2 is 1.59 bits per heavy atom. The van der Waals surface area contributed by atoms with Crippen molar-refractivity contribution in [1.29, 1.82) is 0 Å². The van der Waals surface area contributed by atoms with E-state index in [4.69, 9.17) is 18.1 Å². The van der Waals surface area contributed by atoms with Gasteiger partial charge in [-0.2, -0.15) is 0 Å². The van der Waals surface area contributed by atoms with E-state index in [-0.39, 0.29) is 5.78 Å². The molecule has 0 saturated heterocycles. The van der Waals surface area contributed by atoms with Crippen LogP contribution in [0.25, 0.3) is 0 Å². The first-order chi connectivity index (χ1) is 7.71. The number of hydrogen-bond donors (Lipinski definition) is 0. The fraction of sp³-hybridized carbons (Fsp3) is 0.727. The molecular formula is C11H21O5P. The van der Waals surface area contributed by atoms with Crippen LogP contribution in [0.15, 0.2) is 11.3 Å². The zero-order chi connectivity index (χ0) is 13.5. The maximum absolute atomic E-state index is 11.8. The van der Waals surface area contributed by atoms with Crippen LogP contribution in [0.1, 0.15) is 27.7 Å². The molecule has 1 aliphatic rings. The van der Waals surface area contributed by atoms with Gasteiger partial charge in [-0.05, 0) is 0 Å². The van der Waals surface area contributed by atoms with Gasteiger partial charge in [0.2, 0.25) is 0 Å². The third-order valence-electron chi connectivity index (χ3n) is 3.47. The van der Waals surface area contributed by atoms with Crippen molar-refractivity contribution in [2.24, 2.45) is 0 Å². The van der Waals surface area contributed by atoms with Gasteiger partial charge in [-0.25, -0.2) is 0 Å². The molecule has 0 bridgehead atoms. The molecule has 0 N–H and O–H groups in total. The van der Waals surface area contributed by atoms with Crippen LogP contribution in [-0.2, 0) is 22.9 Å². The molecule has 0 fully saturated rings. The van der Waals surface area contributed by atoms with Crippen LogP contribution in [0.4, 0.5) is 0 Å². The molecule has 1 heterocycles. The topological polar surface area (TPSA) is 54.0 Å². The summed E-state index contributed by atoms with van der Waals surface area (Å²) in [4.78, 5) is 11.8. The summed E-state index contributed by atoms with van der Waals surface area (Å²) in [7, 11) is 0.626. The molecule has 0 radical (unpaired) electrons. The van der Waals surface area contributed by atoms with E-state index in [9.17, 15) is 4.79 Å². The summed E-state index contributed by atoms with van der Waals surface area (Å²) in [6.07, 6.45) is 0. The second-order valence-electron chi connectivity index (χ2n) is 4.50. The molecule has 0 atom stereocenters. The zero-order valence-corrected chi connectivity index (χ0v) is 12.4. The van der Waals surface area contributed by atoms with Gasteiger partial charge in [-0.3, -0.25) is 0 Å². The molecule has 0 aromatic heterocycles. The van der Waals surface area contributed by atoms with Crippen LogP contribution < -0.4 is 0 Å². The molecule has 5 nitrogen and oxygen atoms in total. The van der Waals surface area contributed by atoms with Gasteiger partial charge in [-0.1, -0.05) is 0 Å². The Labute approximate surface area is 102 Å². The summed E-state index contributed by atoms with van der Waals surface area (Å²) < 4.78 is 22.4. The Morgan fingerprint density at radius 1 is 1.18 bits per heavy atom. The summed E-state index contributed by atoms with van der Waals surface area (Å²) in [5.74, 6) is 0.441. The number of ketones is 1. The molecule has 6 heteroatoms. The predicted molar refractivity (Wildman–Crippen MR) is 66.5 cm³/mol. The van der Waals surface area contributed by atoms with Gasteiger partial charge in [-0.15, -0.1) is 0 Å². The van der Waals surface area contributed by atoms with E-state index in [1.165, 1.54) is 28.3 Å². The molecule has 17 heavy (non-hydrogen) atoms. The number of allylic oxidation sites excluding steroid dienone is 2. The van der Waals surface area contributed by atoms with E-state index < -0.39 is 12.7 Å². The SMILES string of the molecule is COP1(OC)(OC)OC(C)=C(C(C)=O)C1(C)C. The first kappa shape index (κ1) is 14.6. The predicted octanol–water partition coefficient (Wildman–Crippen LogP) is 2.81. The summed E-state index contributed by atoms with van der Waals surface area (Å²) >= 11 is 0. The molecule has 0 saturated carbocycles. The second kappa shape index (κ2) is 4.02. The van der Waals surface area contributed by atoms with Crippen molar-refractivity contribution in [3.8, 4) is 0 Å². The van der Waals surface area contributed by atoms with E-state index in [2.05, 4.69) is 0 Å². The number of carbonyl (C=O) groups excluding carboxylic acids is 1. The summed E-state index contributed by atoms with van der Waals surface area (Å²) in [5.41, 5.74) is 0.556. The van der Waals surface area contributed by atoms with Crippen LogP contribution in [-0.4, -0.2) is 32.3 Å². The van der Waals surface area contributed by atoms with Crippen molar-refractivity contribution in [3.63, 3.8) is 0 Å². The Balaban J connectivity index is 3.51. The van der Waals surface area contributed by atoms with Gasteiger partial charge in [0.05, 0.1) is 0 Å². The van der Waals surface area contributed by atoms with Crippen molar-refractivity contribution in [3.05, 3.63) is 11.3 Å². The van der Waals surface area contributed by atoms with Gasteiger partial charge in [0, 0.05) is 0 Å². The Hall–Kier alpha value is -0.480. The third kappa shape index (κ3) is 1.50. The third-order valence-corrected chi connectivity index (χ3v) is 8.00. The molecule has 0 aliphatic carbocycles. The van der Waals surface area contributed by atoms with Gasteiger partial charge in [0.25, 0.3) is 0 Å². The van der Waals surface area contributed by atoms with Crippen molar-refractivity contribution in [2.45, 2.75) is 32.9 Å². The van der Waals surface area contributed by atoms with Gasteiger partial charge < -0.3 is 0 Å². The van der Waals surface area contributed by atoms with Crippen molar-refractivity contribution >= 4 is 13.3 Å². The molecular weight excluding hydrogens is 243 g/mol. The molecule has 100 valence electrons. The van der Waals surface area contributed by atoms with E-state index in [1.54, 1.807) is 6.92 Å². The molecule has 0 spiro atoms. The Morgan fingerprint density at radius 3 is 1.76 bits per heavy atom. The molecule has 0 amide bonds. The van der Waals surface area contributed by atoms with Crippen molar-refractivity contribution < 1.29 is 22.9 Å². The fourth-order valence-corrected chi connectivity index (χ4v) is 6.22. The van der Waals surface area contributed by atoms with Gasteiger partial charge >= 0.3 is 102 Å². The average Bonchev–Trinajstić information content (AvgIpc) is 2.43. The second-order valence-corrected chi connectivity index (χ2v) is 8.52. The number of Topliss-reactive ketones (excluding diaryl/α,β-unsaturated/α-hetero) is 1. The van der Waals surface area contributed by atoms with Crippen LogP contribution in [0, 0.1) is 0 Å². The number of hydrogen-bond acceptors (Lipinski definition) is 5. The average molecular weight is 264 g/mol. The van der Waals surface area contributed by atoms with Crippen LogP contribution in [0.5, 0.6) is 0 Å². The maximum atomic E-state index is 11.8. The Bertz CT molecular complexity index is 370. The fourth-order valence-electron chi connectivity index (χ4n) is 2.71. The number of rotatable bonds is 4. The van der Waals surface area contributed by atoms with Crippen LogP contribution in [0.3, 0.4) is 0 Å². The summed E-state index contributed by atoms with van der Waals surface area (Å²) in [6, 6.07) is 0. The standard InChI is InChI=1S/C11H21O5P/c1-8(12)10-9(2)16-17(13-5,14-6,15-7)11(10,3)4/h1-7H3. The molecule has 1 aliphatic heterocycles. The molecule has 1 rings (SSSR count). The van der Waals surface area contributed by atoms with E-state index >= 15 is 0 Å². The van der Waals surface area contributed by atoms with Crippen LogP contribution >= 0.6 is 7.51 Å². The molecule has 0 unspecified atom stereocenters. The van der Waals surface area contributed by atoms with E-state index in [0.29, 0.717) is 11.3 Å². The Kier molecular flexibility index (Phi) is 3.45. The van der Waals surface area contributed by atoms with Gasteiger partial charge in [0.15, 0.2) is 0 Å². The zero-order valence-electron chi connectivity index (χ0n) is 11.5. The normalized spacial score (nSPS) is 27.1. The van der Waals surface area contributed by atoms with Crippen molar-refractivity contribution in [1.82, 2.24) is 0 Å². The molecule has 0 aromatic carbocycles. The summed E-state index contributed by atoms with van der Waals surface area (Å²) in [5, 5.41) is -0.764. The van der Waals surface area contributed by atoms with Crippen LogP contribution in [0.2, 0.25) is 0 Å². The number of carbonyl (C=O) groups is 1.